The van der Waals surface area contributed by atoms with Gasteiger partial charge in [0, 0.05) is 10.9 Å². The van der Waals surface area contributed by atoms with Gasteiger partial charge in [0.05, 0.1) is 18.3 Å². The molecule has 3 rings (SSSR count). The quantitative estimate of drug-likeness (QED) is 0.795. The standard InChI is InChI=1S/C15H12N2O4/c1-9-6-10(21-14(9)15(19)20)8-17-12-5-3-2-4-11(12)13(18)7-16-17/h2-7H,8H2,1H3,(H,19,20). The molecule has 0 unspecified atom stereocenters. The molecule has 0 bridgehead atoms. The topological polar surface area (TPSA) is 85.3 Å². The first kappa shape index (κ1) is 13.1. The first-order valence-corrected chi connectivity index (χ1v) is 6.34. The van der Waals surface area contributed by atoms with Crippen molar-refractivity contribution in [2.45, 2.75) is 13.5 Å². The molecule has 6 heteroatoms. The van der Waals surface area contributed by atoms with Crippen molar-refractivity contribution in [2.24, 2.45) is 0 Å². The van der Waals surface area contributed by atoms with Gasteiger partial charge in [-0.1, -0.05) is 12.1 Å². The molecule has 0 radical (unpaired) electrons. The molecule has 0 spiro atoms. The number of aromatic carboxylic acids is 1. The van der Waals surface area contributed by atoms with E-state index in [1.807, 2.05) is 6.07 Å². The highest BCUT2D eigenvalue weighted by Gasteiger charge is 2.15. The number of carbonyl (C=O) groups is 1. The second-order valence-electron chi connectivity index (χ2n) is 4.71. The molecule has 1 aromatic carbocycles. The summed E-state index contributed by atoms with van der Waals surface area (Å²) in [7, 11) is 0. The summed E-state index contributed by atoms with van der Waals surface area (Å²) in [5.41, 5.74) is 1.09. The van der Waals surface area contributed by atoms with Crippen LogP contribution in [0.3, 0.4) is 0 Å². The normalized spacial score (nSPS) is 10.9. The first-order chi connectivity index (χ1) is 10.1. The van der Waals surface area contributed by atoms with Crippen LogP contribution >= 0.6 is 0 Å². The van der Waals surface area contributed by atoms with Crippen molar-refractivity contribution >= 4 is 16.9 Å². The highest BCUT2D eigenvalue weighted by molar-refractivity contribution is 5.86. The van der Waals surface area contributed by atoms with Crippen LogP contribution < -0.4 is 5.43 Å². The molecule has 2 aromatic heterocycles. The second kappa shape index (κ2) is 4.90. The summed E-state index contributed by atoms with van der Waals surface area (Å²) >= 11 is 0. The third-order valence-corrected chi connectivity index (χ3v) is 3.23. The molecule has 3 aromatic rings. The number of hydrogen-bond donors (Lipinski definition) is 1. The maximum absolute atomic E-state index is 11.8. The average Bonchev–Trinajstić information content (AvgIpc) is 2.83. The average molecular weight is 284 g/mol. The van der Waals surface area contributed by atoms with Crippen LogP contribution in [0.4, 0.5) is 0 Å². The van der Waals surface area contributed by atoms with E-state index in [4.69, 9.17) is 9.52 Å². The fourth-order valence-corrected chi connectivity index (χ4v) is 2.27. The number of aryl methyl sites for hydroxylation is 1. The Morgan fingerprint density at radius 1 is 1.38 bits per heavy atom. The van der Waals surface area contributed by atoms with Crippen LogP contribution in [0.5, 0.6) is 0 Å². The molecule has 0 fully saturated rings. The van der Waals surface area contributed by atoms with E-state index < -0.39 is 5.97 Å². The highest BCUT2D eigenvalue weighted by Crippen LogP contribution is 2.17. The summed E-state index contributed by atoms with van der Waals surface area (Å²) in [6, 6.07) is 8.78. The predicted octanol–water partition coefficient (Wildman–Crippen LogP) is 2.04. The van der Waals surface area contributed by atoms with Crippen molar-refractivity contribution in [3.8, 4) is 0 Å². The summed E-state index contributed by atoms with van der Waals surface area (Å²) in [5, 5.41) is 13.6. The number of nitrogens with zero attached hydrogens (tertiary/aromatic N) is 2. The number of aromatic nitrogens is 2. The lowest BCUT2D eigenvalue weighted by Gasteiger charge is -2.07. The summed E-state index contributed by atoms with van der Waals surface area (Å²) < 4.78 is 6.93. The van der Waals surface area contributed by atoms with E-state index in [2.05, 4.69) is 5.10 Å². The Morgan fingerprint density at radius 3 is 2.86 bits per heavy atom. The molecule has 6 nitrogen and oxygen atoms in total. The lowest BCUT2D eigenvalue weighted by Crippen LogP contribution is -2.12. The van der Waals surface area contributed by atoms with Gasteiger partial charge >= 0.3 is 5.97 Å². The Hall–Kier alpha value is -2.89. The van der Waals surface area contributed by atoms with E-state index in [9.17, 15) is 9.59 Å². The van der Waals surface area contributed by atoms with Gasteiger partial charge < -0.3 is 9.52 Å². The first-order valence-electron chi connectivity index (χ1n) is 6.34. The Morgan fingerprint density at radius 2 is 2.14 bits per heavy atom. The maximum atomic E-state index is 11.8. The van der Waals surface area contributed by atoms with Crippen LogP contribution in [0.25, 0.3) is 10.9 Å². The van der Waals surface area contributed by atoms with Crippen molar-refractivity contribution in [3.63, 3.8) is 0 Å². The summed E-state index contributed by atoms with van der Waals surface area (Å²) in [6.07, 6.45) is 1.25. The van der Waals surface area contributed by atoms with Crippen molar-refractivity contribution in [1.29, 1.82) is 0 Å². The fourth-order valence-electron chi connectivity index (χ4n) is 2.27. The van der Waals surface area contributed by atoms with Crippen LogP contribution in [-0.4, -0.2) is 20.9 Å². The number of para-hydroxylation sites is 1. The fraction of sp³-hybridized carbons (Fsp3) is 0.133. The highest BCUT2D eigenvalue weighted by atomic mass is 16.4. The zero-order chi connectivity index (χ0) is 15.0. The third-order valence-electron chi connectivity index (χ3n) is 3.23. The number of benzene rings is 1. The van der Waals surface area contributed by atoms with Crippen molar-refractivity contribution in [1.82, 2.24) is 9.78 Å². The van der Waals surface area contributed by atoms with Gasteiger partial charge in [-0.25, -0.2) is 4.79 Å². The minimum atomic E-state index is -1.10. The number of fused-ring (bicyclic) bond motifs is 1. The molecule has 0 aliphatic heterocycles. The SMILES string of the molecule is Cc1cc(Cn2ncc(=O)c3ccccc32)oc1C(=O)O. The van der Waals surface area contributed by atoms with Gasteiger partial charge in [-0.05, 0) is 25.1 Å². The Balaban J connectivity index is 2.07. The van der Waals surface area contributed by atoms with E-state index in [1.54, 1.807) is 35.9 Å². The van der Waals surface area contributed by atoms with E-state index in [0.717, 1.165) is 0 Å². The summed E-state index contributed by atoms with van der Waals surface area (Å²) in [4.78, 5) is 22.7. The molecular weight excluding hydrogens is 272 g/mol. The summed E-state index contributed by atoms with van der Waals surface area (Å²) in [6.45, 7) is 1.93. The van der Waals surface area contributed by atoms with Crippen LogP contribution in [0, 0.1) is 6.92 Å². The van der Waals surface area contributed by atoms with Gasteiger partial charge in [-0.3, -0.25) is 9.48 Å². The lowest BCUT2D eigenvalue weighted by atomic mass is 10.2. The minimum Gasteiger partial charge on any atom is -0.475 e. The van der Waals surface area contributed by atoms with Gasteiger partial charge in [0.2, 0.25) is 11.2 Å². The lowest BCUT2D eigenvalue weighted by molar-refractivity contribution is 0.0659. The zero-order valence-electron chi connectivity index (χ0n) is 11.2. The molecule has 2 heterocycles. The summed E-state index contributed by atoms with van der Waals surface area (Å²) in [5.74, 6) is -0.696. The Kier molecular flexibility index (Phi) is 3.06. The van der Waals surface area contributed by atoms with Crippen LogP contribution in [0.15, 0.2) is 45.7 Å². The molecule has 0 saturated heterocycles. The predicted molar refractivity (Wildman–Crippen MR) is 75.5 cm³/mol. The molecule has 106 valence electrons. The number of hydrogen-bond acceptors (Lipinski definition) is 4. The van der Waals surface area contributed by atoms with Crippen LogP contribution in [0.1, 0.15) is 21.9 Å². The van der Waals surface area contributed by atoms with Gasteiger partial charge in [-0.2, -0.15) is 5.10 Å². The smallest absolute Gasteiger partial charge is 0.372 e. The molecule has 21 heavy (non-hydrogen) atoms. The Labute approximate surface area is 119 Å². The van der Waals surface area contributed by atoms with E-state index in [-0.39, 0.29) is 17.7 Å². The van der Waals surface area contributed by atoms with Crippen molar-refractivity contribution in [3.05, 3.63) is 63.8 Å². The zero-order valence-corrected chi connectivity index (χ0v) is 11.2. The molecule has 0 aliphatic rings. The molecule has 0 atom stereocenters. The molecule has 0 aliphatic carbocycles. The van der Waals surface area contributed by atoms with Gasteiger partial charge in [0.15, 0.2) is 0 Å². The second-order valence-corrected chi connectivity index (χ2v) is 4.71. The van der Waals surface area contributed by atoms with E-state index in [1.165, 1.54) is 6.20 Å². The molecular formula is C15H12N2O4. The third kappa shape index (κ3) is 2.31. The largest absolute Gasteiger partial charge is 0.475 e. The number of carboxylic acid groups (broad SMARTS) is 1. The van der Waals surface area contributed by atoms with E-state index >= 15 is 0 Å². The van der Waals surface area contributed by atoms with E-state index in [0.29, 0.717) is 22.2 Å². The van der Waals surface area contributed by atoms with Gasteiger partial charge in [-0.15, -0.1) is 0 Å². The van der Waals surface area contributed by atoms with Crippen molar-refractivity contribution < 1.29 is 14.3 Å². The number of rotatable bonds is 3. The minimum absolute atomic E-state index is 0.0737. The van der Waals surface area contributed by atoms with Crippen LogP contribution in [-0.2, 0) is 6.54 Å². The Bertz CT molecular complexity index is 892. The number of furan rings is 1. The molecule has 0 saturated carbocycles. The van der Waals surface area contributed by atoms with Gasteiger partial charge in [0.1, 0.15) is 5.76 Å². The maximum Gasteiger partial charge on any atom is 0.372 e. The molecule has 0 amide bonds. The van der Waals surface area contributed by atoms with Crippen molar-refractivity contribution in [2.75, 3.05) is 0 Å². The number of carboxylic acids is 1. The molecule has 1 N–H and O–H groups in total. The van der Waals surface area contributed by atoms with Gasteiger partial charge in [0.25, 0.3) is 0 Å². The van der Waals surface area contributed by atoms with Crippen LogP contribution in [0.2, 0.25) is 0 Å². The monoisotopic (exact) mass is 284 g/mol.